The van der Waals surface area contributed by atoms with Crippen LogP contribution in [0.15, 0.2) is 29.3 Å². The van der Waals surface area contributed by atoms with Gasteiger partial charge in [-0.3, -0.25) is 4.99 Å². The highest BCUT2D eigenvalue weighted by Crippen LogP contribution is 2.11. The molecule has 0 fully saturated rings. The van der Waals surface area contributed by atoms with E-state index in [-0.39, 0.29) is 0 Å². The van der Waals surface area contributed by atoms with Crippen molar-refractivity contribution < 1.29 is 0 Å². The first-order valence-corrected chi connectivity index (χ1v) is 8.87. The molecule has 0 saturated heterocycles. The fraction of sp³-hybridized carbons (Fsp3) is 0.611. The summed E-state index contributed by atoms with van der Waals surface area (Å²) in [6, 6.07) is 7.95. The standard InChI is InChI=1S/C18H31ClN4/c1-5-23(6-2)14-8-7-13-21-18(20-3)22(4)15-16-9-11-17(19)12-10-16/h9-12H,5-8,13-15H2,1-4H3,(H,20,21). The average Bonchev–Trinajstić information content (AvgIpc) is 2.56. The lowest BCUT2D eigenvalue weighted by molar-refractivity contribution is 0.297. The molecule has 0 unspecified atom stereocenters. The van der Waals surface area contributed by atoms with Gasteiger partial charge in [0.05, 0.1) is 0 Å². The Kier molecular flexibility index (Phi) is 9.72. The van der Waals surface area contributed by atoms with E-state index in [0.717, 1.165) is 43.6 Å². The van der Waals surface area contributed by atoms with Gasteiger partial charge in [0.25, 0.3) is 0 Å². The van der Waals surface area contributed by atoms with E-state index in [1.54, 1.807) is 0 Å². The van der Waals surface area contributed by atoms with E-state index < -0.39 is 0 Å². The summed E-state index contributed by atoms with van der Waals surface area (Å²) in [5, 5.41) is 4.21. The highest BCUT2D eigenvalue weighted by molar-refractivity contribution is 6.30. The van der Waals surface area contributed by atoms with Crippen molar-refractivity contribution in [3.63, 3.8) is 0 Å². The fourth-order valence-corrected chi connectivity index (χ4v) is 2.65. The quantitative estimate of drug-likeness (QED) is 0.425. The van der Waals surface area contributed by atoms with Gasteiger partial charge in [-0.25, -0.2) is 0 Å². The van der Waals surface area contributed by atoms with Gasteiger partial charge in [0.15, 0.2) is 5.96 Å². The van der Waals surface area contributed by atoms with Crippen LogP contribution < -0.4 is 5.32 Å². The second-order valence-electron chi connectivity index (χ2n) is 5.69. The number of nitrogens with zero attached hydrogens (tertiary/aromatic N) is 3. The Morgan fingerprint density at radius 3 is 2.35 bits per heavy atom. The van der Waals surface area contributed by atoms with Crippen molar-refractivity contribution in [1.82, 2.24) is 15.1 Å². The van der Waals surface area contributed by atoms with Gasteiger partial charge in [-0.05, 0) is 50.2 Å². The minimum Gasteiger partial charge on any atom is -0.356 e. The summed E-state index contributed by atoms with van der Waals surface area (Å²) < 4.78 is 0. The number of benzene rings is 1. The maximum atomic E-state index is 5.93. The first-order valence-electron chi connectivity index (χ1n) is 8.49. The Morgan fingerprint density at radius 2 is 1.78 bits per heavy atom. The summed E-state index contributed by atoms with van der Waals surface area (Å²) in [5.41, 5.74) is 1.22. The van der Waals surface area contributed by atoms with Gasteiger partial charge in [0.2, 0.25) is 0 Å². The molecule has 0 heterocycles. The van der Waals surface area contributed by atoms with Gasteiger partial charge >= 0.3 is 0 Å². The summed E-state index contributed by atoms with van der Waals surface area (Å²) in [6.45, 7) is 9.65. The molecule has 1 aromatic carbocycles. The summed E-state index contributed by atoms with van der Waals surface area (Å²) in [7, 11) is 3.89. The van der Waals surface area contributed by atoms with Gasteiger partial charge in [0.1, 0.15) is 0 Å². The first-order chi connectivity index (χ1) is 11.1. The predicted molar refractivity (Wildman–Crippen MR) is 101 cm³/mol. The van der Waals surface area contributed by atoms with Crippen LogP contribution in [0.1, 0.15) is 32.3 Å². The lowest BCUT2D eigenvalue weighted by Gasteiger charge is -2.22. The van der Waals surface area contributed by atoms with Crippen LogP contribution in [-0.2, 0) is 6.54 Å². The van der Waals surface area contributed by atoms with Crippen molar-refractivity contribution in [2.75, 3.05) is 40.3 Å². The van der Waals surface area contributed by atoms with Crippen molar-refractivity contribution in [3.8, 4) is 0 Å². The Hall–Kier alpha value is -1.26. The van der Waals surface area contributed by atoms with Crippen LogP contribution in [0.3, 0.4) is 0 Å². The van der Waals surface area contributed by atoms with Crippen molar-refractivity contribution in [3.05, 3.63) is 34.9 Å². The number of unbranched alkanes of at least 4 members (excludes halogenated alkanes) is 1. The van der Waals surface area contributed by atoms with Crippen LogP contribution in [-0.4, -0.2) is 56.0 Å². The van der Waals surface area contributed by atoms with Crippen molar-refractivity contribution in [1.29, 1.82) is 0 Å². The summed E-state index contributed by atoms with van der Waals surface area (Å²) in [6.07, 6.45) is 2.37. The van der Waals surface area contributed by atoms with Crippen LogP contribution in [0.5, 0.6) is 0 Å². The monoisotopic (exact) mass is 338 g/mol. The largest absolute Gasteiger partial charge is 0.356 e. The zero-order valence-electron chi connectivity index (χ0n) is 15.0. The average molecular weight is 339 g/mol. The number of hydrogen-bond donors (Lipinski definition) is 1. The molecule has 23 heavy (non-hydrogen) atoms. The smallest absolute Gasteiger partial charge is 0.193 e. The Balaban J connectivity index is 2.31. The van der Waals surface area contributed by atoms with Gasteiger partial charge in [-0.1, -0.05) is 37.6 Å². The van der Waals surface area contributed by atoms with E-state index in [1.807, 2.05) is 19.2 Å². The minimum absolute atomic E-state index is 0.770. The van der Waals surface area contributed by atoms with E-state index in [9.17, 15) is 0 Å². The Morgan fingerprint density at radius 1 is 1.13 bits per heavy atom. The van der Waals surface area contributed by atoms with E-state index in [1.165, 1.54) is 18.5 Å². The Bertz CT molecular complexity index is 455. The van der Waals surface area contributed by atoms with Crippen LogP contribution in [0, 0.1) is 0 Å². The molecule has 0 saturated carbocycles. The van der Waals surface area contributed by atoms with E-state index >= 15 is 0 Å². The molecule has 4 nitrogen and oxygen atoms in total. The Labute approximate surface area is 146 Å². The molecule has 0 amide bonds. The first kappa shape index (κ1) is 19.8. The normalized spacial score (nSPS) is 11.8. The maximum Gasteiger partial charge on any atom is 0.193 e. The number of guanidine groups is 1. The summed E-state index contributed by atoms with van der Waals surface area (Å²) in [4.78, 5) is 8.95. The molecule has 0 spiro atoms. The number of rotatable bonds is 9. The molecule has 0 aliphatic heterocycles. The second-order valence-corrected chi connectivity index (χ2v) is 6.13. The molecule has 0 atom stereocenters. The van der Waals surface area contributed by atoms with Gasteiger partial charge in [0, 0.05) is 32.2 Å². The SMILES string of the molecule is CCN(CC)CCCCNC(=NC)N(C)Cc1ccc(Cl)cc1. The third-order valence-electron chi connectivity index (χ3n) is 3.99. The number of halogens is 1. The van der Waals surface area contributed by atoms with Gasteiger partial charge < -0.3 is 15.1 Å². The van der Waals surface area contributed by atoms with Crippen LogP contribution in [0.4, 0.5) is 0 Å². The topological polar surface area (TPSA) is 30.9 Å². The molecular formula is C18H31ClN4. The second kappa shape index (κ2) is 11.3. The molecule has 1 N–H and O–H groups in total. The number of aliphatic imine (C=N–C) groups is 1. The predicted octanol–water partition coefficient (Wildman–Crippen LogP) is 3.47. The fourth-order valence-electron chi connectivity index (χ4n) is 2.52. The maximum absolute atomic E-state index is 5.93. The minimum atomic E-state index is 0.770. The molecule has 1 aromatic rings. The molecule has 0 aromatic heterocycles. The third kappa shape index (κ3) is 7.71. The molecule has 0 aliphatic rings. The third-order valence-corrected chi connectivity index (χ3v) is 4.24. The molecule has 130 valence electrons. The molecule has 5 heteroatoms. The van der Waals surface area contributed by atoms with Crippen LogP contribution in [0.25, 0.3) is 0 Å². The highest BCUT2D eigenvalue weighted by atomic mass is 35.5. The van der Waals surface area contributed by atoms with E-state index in [2.05, 4.69) is 53.1 Å². The lowest BCUT2D eigenvalue weighted by Crippen LogP contribution is -2.39. The van der Waals surface area contributed by atoms with Crippen molar-refractivity contribution >= 4 is 17.6 Å². The lowest BCUT2D eigenvalue weighted by atomic mass is 10.2. The molecule has 0 bridgehead atoms. The van der Waals surface area contributed by atoms with E-state index in [0.29, 0.717) is 0 Å². The summed E-state index contributed by atoms with van der Waals surface area (Å²) >= 11 is 5.93. The van der Waals surface area contributed by atoms with Crippen LogP contribution >= 0.6 is 11.6 Å². The van der Waals surface area contributed by atoms with Gasteiger partial charge in [-0.2, -0.15) is 0 Å². The molecule has 1 rings (SSSR count). The zero-order valence-corrected chi connectivity index (χ0v) is 15.7. The molecular weight excluding hydrogens is 308 g/mol. The van der Waals surface area contributed by atoms with Crippen molar-refractivity contribution in [2.24, 2.45) is 4.99 Å². The van der Waals surface area contributed by atoms with E-state index in [4.69, 9.17) is 11.6 Å². The number of nitrogens with one attached hydrogen (secondary N) is 1. The van der Waals surface area contributed by atoms with Crippen LogP contribution in [0.2, 0.25) is 5.02 Å². The summed E-state index contributed by atoms with van der Waals surface area (Å²) in [5.74, 6) is 0.933. The highest BCUT2D eigenvalue weighted by Gasteiger charge is 2.06. The number of hydrogen-bond acceptors (Lipinski definition) is 2. The van der Waals surface area contributed by atoms with Gasteiger partial charge in [-0.15, -0.1) is 0 Å². The van der Waals surface area contributed by atoms with Crippen molar-refractivity contribution in [2.45, 2.75) is 33.2 Å². The zero-order chi connectivity index (χ0) is 17.1. The molecule has 0 radical (unpaired) electrons. The molecule has 0 aliphatic carbocycles.